The predicted molar refractivity (Wildman–Crippen MR) is 115 cm³/mol. The Balaban J connectivity index is 1.01. The monoisotopic (exact) mass is 407 g/mol. The Labute approximate surface area is 179 Å². The summed E-state index contributed by atoms with van der Waals surface area (Å²) in [4.78, 5) is 2.75. The first-order valence-corrected chi connectivity index (χ1v) is 12.0. The summed E-state index contributed by atoms with van der Waals surface area (Å²) in [6.45, 7) is 5.86. The quantitative estimate of drug-likeness (QED) is 0.732. The highest BCUT2D eigenvalue weighted by Gasteiger charge is 2.41. The first-order valence-electron chi connectivity index (χ1n) is 12.0. The molecule has 6 nitrogen and oxygen atoms in total. The lowest BCUT2D eigenvalue weighted by molar-refractivity contribution is 0.0544. The Hall–Kier alpha value is -1.79. The third-order valence-electron chi connectivity index (χ3n) is 7.82. The molecule has 2 aromatic heterocycles. The molecule has 2 saturated heterocycles. The maximum atomic E-state index is 5.52. The fourth-order valence-corrected chi connectivity index (χ4v) is 6.06. The van der Waals surface area contributed by atoms with Crippen LogP contribution >= 0.6 is 0 Å². The van der Waals surface area contributed by atoms with Crippen LogP contribution in [0, 0.1) is 23.7 Å². The van der Waals surface area contributed by atoms with Gasteiger partial charge in [-0.2, -0.15) is 15.3 Å². The minimum absolute atomic E-state index is 0.611. The molecule has 0 aromatic carbocycles. The van der Waals surface area contributed by atoms with Crippen molar-refractivity contribution in [2.45, 2.75) is 51.0 Å². The highest BCUT2D eigenvalue weighted by atomic mass is 16.5. The summed E-state index contributed by atoms with van der Waals surface area (Å²) < 4.78 is 7.60. The number of fused-ring (bicyclic) bond motifs is 1. The second kappa shape index (κ2) is 8.04. The molecule has 2 saturated carbocycles. The molecule has 3 atom stereocenters. The molecular formula is C24H33N5O. The van der Waals surface area contributed by atoms with E-state index in [9.17, 15) is 0 Å². The van der Waals surface area contributed by atoms with Crippen LogP contribution in [0.2, 0.25) is 0 Å². The van der Waals surface area contributed by atoms with E-state index in [-0.39, 0.29) is 0 Å². The first-order chi connectivity index (χ1) is 14.8. The SMILES string of the molecule is c1nn(C2CC2)cc1-c1ccc(CC2C[C@@H]3CN(CC4CCOCC4)C[C@@H]3C2)nn1. The lowest BCUT2D eigenvalue weighted by atomic mass is 9.98. The van der Waals surface area contributed by atoms with Crippen LogP contribution in [0.25, 0.3) is 11.3 Å². The van der Waals surface area contributed by atoms with Crippen LogP contribution in [0.4, 0.5) is 0 Å². The maximum absolute atomic E-state index is 5.52. The number of ether oxygens (including phenoxy) is 1. The highest BCUT2D eigenvalue weighted by molar-refractivity contribution is 5.56. The van der Waals surface area contributed by atoms with E-state index in [4.69, 9.17) is 4.74 Å². The fourth-order valence-electron chi connectivity index (χ4n) is 6.06. The lowest BCUT2D eigenvalue weighted by Gasteiger charge is -2.27. The summed E-state index contributed by atoms with van der Waals surface area (Å²) in [5.74, 6) is 3.44. The van der Waals surface area contributed by atoms with Gasteiger partial charge >= 0.3 is 0 Å². The van der Waals surface area contributed by atoms with E-state index in [2.05, 4.69) is 43.2 Å². The van der Waals surface area contributed by atoms with Gasteiger partial charge in [0.2, 0.25) is 0 Å². The van der Waals surface area contributed by atoms with E-state index < -0.39 is 0 Å². The molecule has 0 amide bonds. The lowest BCUT2D eigenvalue weighted by Crippen LogP contribution is -2.31. The molecule has 2 aromatic rings. The molecule has 4 heterocycles. The number of hydrogen-bond acceptors (Lipinski definition) is 5. The molecule has 1 unspecified atom stereocenters. The van der Waals surface area contributed by atoms with Crippen LogP contribution in [0.3, 0.4) is 0 Å². The second-order valence-corrected chi connectivity index (χ2v) is 10.2. The molecule has 4 aliphatic rings. The van der Waals surface area contributed by atoms with E-state index >= 15 is 0 Å². The van der Waals surface area contributed by atoms with Gasteiger partial charge in [-0.3, -0.25) is 4.68 Å². The topological polar surface area (TPSA) is 56.1 Å². The van der Waals surface area contributed by atoms with Gasteiger partial charge in [-0.15, -0.1) is 0 Å². The zero-order valence-electron chi connectivity index (χ0n) is 17.8. The minimum Gasteiger partial charge on any atom is -0.381 e. The number of rotatable bonds is 6. The molecule has 160 valence electrons. The van der Waals surface area contributed by atoms with E-state index in [1.807, 2.05) is 6.20 Å². The molecule has 4 fully saturated rings. The van der Waals surface area contributed by atoms with Crippen LogP contribution in [-0.2, 0) is 11.2 Å². The van der Waals surface area contributed by atoms with Crippen LogP contribution in [0.15, 0.2) is 24.5 Å². The van der Waals surface area contributed by atoms with Gasteiger partial charge in [0.25, 0.3) is 0 Å². The zero-order chi connectivity index (χ0) is 19.9. The molecule has 30 heavy (non-hydrogen) atoms. The van der Waals surface area contributed by atoms with Crippen LogP contribution in [0.5, 0.6) is 0 Å². The van der Waals surface area contributed by atoms with Gasteiger partial charge < -0.3 is 9.64 Å². The Morgan fingerprint density at radius 1 is 0.933 bits per heavy atom. The van der Waals surface area contributed by atoms with Gasteiger partial charge in [0, 0.05) is 44.6 Å². The Kier molecular flexibility index (Phi) is 5.08. The van der Waals surface area contributed by atoms with E-state index in [1.165, 1.54) is 58.2 Å². The summed E-state index contributed by atoms with van der Waals surface area (Å²) in [7, 11) is 0. The molecule has 0 radical (unpaired) electrons. The molecular weight excluding hydrogens is 374 g/mol. The van der Waals surface area contributed by atoms with E-state index in [0.29, 0.717) is 6.04 Å². The summed E-state index contributed by atoms with van der Waals surface area (Å²) in [5.41, 5.74) is 3.18. The maximum Gasteiger partial charge on any atom is 0.0961 e. The fraction of sp³-hybridized carbons (Fsp3) is 0.708. The second-order valence-electron chi connectivity index (χ2n) is 10.2. The molecule has 2 aliphatic carbocycles. The zero-order valence-corrected chi connectivity index (χ0v) is 17.8. The Morgan fingerprint density at radius 3 is 2.43 bits per heavy atom. The Bertz CT molecular complexity index is 841. The van der Waals surface area contributed by atoms with Crippen molar-refractivity contribution in [1.82, 2.24) is 24.9 Å². The summed E-state index contributed by atoms with van der Waals surface area (Å²) >= 11 is 0. The van der Waals surface area contributed by atoms with Gasteiger partial charge in [0.15, 0.2) is 0 Å². The normalized spacial score (nSPS) is 30.1. The van der Waals surface area contributed by atoms with Crippen molar-refractivity contribution in [3.8, 4) is 11.3 Å². The molecule has 2 aliphatic heterocycles. The van der Waals surface area contributed by atoms with Crippen molar-refractivity contribution in [2.75, 3.05) is 32.8 Å². The van der Waals surface area contributed by atoms with E-state index in [1.54, 1.807) is 0 Å². The molecule has 0 spiro atoms. The number of nitrogens with zero attached hydrogens (tertiary/aromatic N) is 5. The van der Waals surface area contributed by atoms with Gasteiger partial charge in [0.05, 0.1) is 23.6 Å². The smallest absolute Gasteiger partial charge is 0.0961 e. The van der Waals surface area contributed by atoms with Gasteiger partial charge in [-0.25, -0.2) is 0 Å². The third kappa shape index (κ3) is 4.04. The van der Waals surface area contributed by atoms with Crippen molar-refractivity contribution < 1.29 is 4.74 Å². The number of likely N-dealkylation sites (tertiary alicyclic amines) is 1. The molecule has 0 bridgehead atoms. The van der Waals surface area contributed by atoms with Crippen molar-refractivity contribution in [3.63, 3.8) is 0 Å². The molecule has 0 N–H and O–H groups in total. The van der Waals surface area contributed by atoms with Gasteiger partial charge in [-0.1, -0.05) is 0 Å². The average molecular weight is 408 g/mol. The number of aromatic nitrogens is 4. The summed E-state index contributed by atoms with van der Waals surface area (Å²) in [6.07, 6.45) is 12.9. The first kappa shape index (κ1) is 18.9. The largest absolute Gasteiger partial charge is 0.381 e. The van der Waals surface area contributed by atoms with Crippen molar-refractivity contribution >= 4 is 0 Å². The Morgan fingerprint density at radius 2 is 1.73 bits per heavy atom. The molecule has 6 rings (SSSR count). The van der Waals surface area contributed by atoms with Crippen LogP contribution in [-0.4, -0.2) is 57.7 Å². The summed E-state index contributed by atoms with van der Waals surface area (Å²) in [6, 6.07) is 4.92. The summed E-state index contributed by atoms with van der Waals surface area (Å²) in [5, 5.41) is 13.6. The van der Waals surface area contributed by atoms with Gasteiger partial charge in [0.1, 0.15) is 0 Å². The van der Waals surface area contributed by atoms with Gasteiger partial charge in [-0.05, 0) is 80.8 Å². The van der Waals surface area contributed by atoms with E-state index in [0.717, 1.165) is 60.3 Å². The minimum atomic E-state index is 0.611. The predicted octanol–water partition coefficient (Wildman–Crippen LogP) is 3.60. The number of hydrogen-bond donors (Lipinski definition) is 0. The highest BCUT2D eigenvalue weighted by Crippen LogP contribution is 2.43. The van der Waals surface area contributed by atoms with Crippen molar-refractivity contribution in [2.24, 2.45) is 23.7 Å². The van der Waals surface area contributed by atoms with Crippen molar-refractivity contribution in [3.05, 3.63) is 30.2 Å². The van der Waals surface area contributed by atoms with Crippen LogP contribution < -0.4 is 0 Å². The standard InChI is InChI=1S/C24H33N5O/c1-4-24(21-12-25-29(16-21)23-2-3-23)27-26-22(1)11-18-9-19-14-28(15-20(19)10-18)13-17-5-7-30-8-6-17/h1,4,12,16-20,23H,2-3,5-11,13-15H2/t18?,19-,20+. The van der Waals surface area contributed by atoms with Crippen molar-refractivity contribution in [1.29, 1.82) is 0 Å². The van der Waals surface area contributed by atoms with Crippen LogP contribution in [0.1, 0.15) is 50.3 Å². The third-order valence-corrected chi connectivity index (χ3v) is 7.82. The molecule has 6 heteroatoms. The average Bonchev–Trinajstić information content (AvgIpc) is 3.20.